The average molecular weight is 475 g/mol. The van der Waals surface area contributed by atoms with E-state index in [1.807, 2.05) is 13.0 Å². The zero-order chi connectivity index (χ0) is 22.2. The number of benzene rings is 1. The minimum absolute atomic E-state index is 0. The number of carbonyl (C=O) groups is 1. The molecule has 1 heterocycles. The number of carbonyl (C=O) groups excluding carboxylic acids is 1. The number of aromatic nitrogens is 1. The maximum absolute atomic E-state index is 12.7. The van der Waals surface area contributed by atoms with Gasteiger partial charge in [0.25, 0.3) is 0 Å². The van der Waals surface area contributed by atoms with Crippen molar-refractivity contribution < 1.29 is 32.5 Å². The SMILES string of the molecule is Cc1cc2c([nH]1)CCC(CNC1CCC(Oc3ccc(OC(F)(F)F)cc3)C1O)C2=O.Cl. The molecule has 0 amide bonds. The van der Waals surface area contributed by atoms with Crippen LogP contribution < -0.4 is 14.8 Å². The number of fused-ring (bicyclic) bond motifs is 1. The summed E-state index contributed by atoms with van der Waals surface area (Å²) in [6.07, 6.45) is -3.15. The van der Waals surface area contributed by atoms with Gasteiger partial charge in [-0.15, -0.1) is 25.6 Å². The van der Waals surface area contributed by atoms with Crippen LogP contribution in [-0.2, 0) is 6.42 Å². The molecule has 1 saturated carbocycles. The molecule has 32 heavy (non-hydrogen) atoms. The van der Waals surface area contributed by atoms with Crippen molar-refractivity contribution in [3.8, 4) is 11.5 Å². The molecular formula is C22H26ClF3N2O4. The van der Waals surface area contributed by atoms with Gasteiger partial charge in [-0.3, -0.25) is 4.79 Å². The van der Waals surface area contributed by atoms with Crippen LogP contribution in [0.4, 0.5) is 13.2 Å². The highest BCUT2D eigenvalue weighted by Crippen LogP contribution is 2.30. The predicted molar refractivity (Wildman–Crippen MR) is 113 cm³/mol. The summed E-state index contributed by atoms with van der Waals surface area (Å²) in [7, 11) is 0. The largest absolute Gasteiger partial charge is 0.573 e. The number of halogens is 4. The van der Waals surface area contributed by atoms with Crippen LogP contribution in [0.2, 0.25) is 0 Å². The number of aromatic amines is 1. The van der Waals surface area contributed by atoms with Gasteiger partial charge in [0.1, 0.15) is 23.7 Å². The fraction of sp³-hybridized carbons (Fsp3) is 0.500. The molecule has 2 aliphatic rings. The van der Waals surface area contributed by atoms with E-state index in [1.54, 1.807) is 0 Å². The van der Waals surface area contributed by atoms with Crippen molar-refractivity contribution in [2.75, 3.05) is 6.54 Å². The standard InChI is InChI=1S/C22H25F3N2O4.ClH/c1-12-10-16-17(27-12)7-2-13(20(16)28)11-26-18-8-9-19(21(18)29)30-14-3-5-15(6-4-14)31-22(23,24)25;/h3-6,10,13,18-19,21,26-27,29H,2,7-9,11H2,1H3;1H. The minimum Gasteiger partial charge on any atom is -0.488 e. The Bertz CT molecular complexity index is 932. The van der Waals surface area contributed by atoms with Gasteiger partial charge in [-0.25, -0.2) is 0 Å². The Balaban J connectivity index is 0.00000289. The van der Waals surface area contributed by atoms with Gasteiger partial charge in [0, 0.05) is 35.5 Å². The monoisotopic (exact) mass is 474 g/mol. The number of aryl methyl sites for hydroxylation is 2. The van der Waals surface area contributed by atoms with Gasteiger partial charge in [0.05, 0.1) is 0 Å². The molecule has 0 saturated heterocycles. The molecule has 6 nitrogen and oxygen atoms in total. The minimum atomic E-state index is -4.75. The quantitative estimate of drug-likeness (QED) is 0.590. The Morgan fingerprint density at radius 1 is 1.16 bits per heavy atom. The summed E-state index contributed by atoms with van der Waals surface area (Å²) in [5.41, 5.74) is 2.75. The molecule has 0 radical (unpaired) electrons. The van der Waals surface area contributed by atoms with Gasteiger partial charge in [0.2, 0.25) is 0 Å². The van der Waals surface area contributed by atoms with E-state index in [0.717, 1.165) is 29.8 Å². The third kappa shape index (κ3) is 5.57. The molecule has 10 heteroatoms. The summed E-state index contributed by atoms with van der Waals surface area (Å²) in [4.78, 5) is 15.9. The highest BCUT2D eigenvalue weighted by atomic mass is 35.5. The topological polar surface area (TPSA) is 83.6 Å². The molecule has 1 fully saturated rings. The molecule has 0 bridgehead atoms. The zero-order valence-corrected chi connectivity index (χ0v) is 18.3. The van der Waals surface area contributed by atoms with Crippen molar-refractivity contribution in [3.63, 3.8) is 0 Å². The molecule has 4 unspecified atom stereocenters. The molecule has 3 N–H and O–H groups in total. The average Bonchev–Trinajstić information content (AvgIpc) is 3.25. The van der Waals surface area contributed by atoms with Crippen molar-refractivity contribution in [1.82, 2.24) is 10.3 Å². The Kier molecular flexibility index (Phi) is 7.42. The van der Waals surface area contributed by atoms with E-state index in [-0.39, 0.29) is 35.9 Å². The van der Waals surface area contributed by atoms with E-state index in [1.165, 1.54) is 24.3 Å². The van der Waals surface area contributed by atoms with Crippen molar-refractivity contribution in [3.05, 3.63) is 47.3 Å². The van der Waals surface area contributed by atoms with E-state index in [2.05, 4.69) is 15.0 Å². The van der Waals surface area contributed by atoms with Crippen LogP contribution in [0, 0.1) is 12.8 Å². The van der Waals surface area contributed by atoms with E-state index in [9.17, 15) is 23.1 Å². The van der Waals surface area contributed by atoms with Crippen molar-refractivity contribution in [2.24, 2.45) is 5.92 Å². The smallest absolute Gasteiger partial charge is 0.488 e. The summed E-state index contributed by atoms with van der Waals surface area (Å²) >= 11 is 0. The molecule has 2 aromatic rings. The second-order valence-electron chi connectivity index (χ2n) is 8.20. The number of aliphatic hydroxyl groups is 1. The van der Waals surface area contributed by atoms with E-state index in [4.69, 9.17) is 4.74 Å². The number of rotatable bonds is 6. The number of Topliss-reactive ketones (excluding diaryl/α,β-unsaturated/α-hetero) is 1. The number of nitrogens with one attached hydrogen (secondary N) is 2. The zero-order valence-electron chi connectivity index (χ0n) is 17.4. The number of ether oxygens (including phenoxy) is 2. The third-order valence-corrected chi connectivity index (χ3v) is 5.94. The van der Waals surface area contributed by atoms with Crippen LogP contribution >= 0.6 is 12.4 Å². The number of ketones is 1. The van der Waals surface area contributed by atoms with Crippen LogP contribution in [0.25, 0.3) is 0 Å². The van der Waals surface area contributed by atoms with Gasteiger partial charge in [0.15, 0.2) is 5.78 Å². The lowest BCUT2D eigenvalue weighted by molar-refractivity contribution is -0.274. The summed E-state index contributed by atoms with van der Waals surface area (Å²) in [5.74, 6) is 0.0249. The van der Waals surface area contributed by atoms with Crippen molar-refractivity contribution >= 4 is 18.2 Å². The predicted octanol–water partition coefficient (Wildman–Crippen LogP) is 3.95. The maximum atomic E-state index is 12.7. The van der Waals surface area contributed by atoms with Crippen LogP contribution in [0.3, 0.4) is 0 Å². The van der Waals surface area contributed by atoms with Gasteiger partial charge in [-0.1, -0.05) is 0 Å². The van der Waals surface area contributed by atoms with Gasteiger partial charge < -0.3 is 24.9 Å². The molecule has 1 aromatic carbocycles. The van der Waals surface area contributed by atoms with Gasteiger partial charge >= 0.3 is 6.36 Å². The fourth-order valence-corrected chi connectivity index (χ4v) is 4.41. The lowest BCUT2D eigenvalue weighted by Gasteiger charge is -2.25. The first-order valence-electron chi connectivity index (χ1n) is 10.4. The first kappa shape index (κ1) is 24.4. The van der Waals surface area contributed by atoms with Gasteiger partial charge in [-0.2, -0.15) is 0 Å². The second-order valence-corrected chi connectivity index (χ2v) is 8.20. The Morgan fingerprint density at radius 3 is 2.53 bits per heavy atom. The van der Waals surface area contributed by atoms with Gasteiger partial charge in [-0.05, 0) is 62.9 Å². The lowest BCUT2D eigenvalue weighted by Crippen LogP contribution is -2.44. The lowest BCUT2D eigenvalue weighted by atomic mass is 9.86. The number of alkyl halides is 3. The maximum Gasteiger partial charge on any atom is 0.573 e. The van der Waals surface area contributed by atoms with Crippen LogP contribution in [0.5, 0.6) is 11.5 Å². The first-order chi connectivity index (χ1) is 14.7. The Labute approximate surface area is 189 Å². The molecule has 0 spiro atoms. The van der Waals surface area contributed by atoms with Crippen molar-refractivity contribution in [2.45, 2.75) is 57.2 Å². The molecule has 4 rings (SSSR count). The summed E-state index contributed by atoms with van der Waals surface area (Å²) < 4.78 is 46.4. The highest BCUT2D eigenvalue weighted by Gasteiger charge is 2.37. The third-order valence-electron chi connectivity index (χ3n) is 5.94. The number of H-pyrrole nitrogens is 1. The Hall–Kier alpha value is -2.23. The molecule has 4 atom stereocenters. The highest BCUT2D eigenvalue weighted by molar-refractivity contribution is 6.00. The summed E-state index contributed by atoms with van der Waals surface area (Å²) in [5, 5.41) is 13.9. The number of hydrogen-bond acceptors (Lipinski definition) is 5. The fourth-order valence-electron chi connectivity index (χ4n) is 4.41. The van der Waals surface area contributed by atoms with E-state index >= 15 is 0 Å². The summed E-state index contributed by atoms with van der Waals surface area (Å²) in [6, 6.07) is 6.79. The molecular weight excluding hydrogens is 449 g/mol. The van der Waals surface area contributed by atoms with Crippen LogP contribution in [0.15, 0.2) is 30.3 Å². The number of aliphatic hydroxyl groups excluding tert-OH is 1. The summed E-state index contributed by atoms with van der Waals surface area (Å²) in [6.45, 7) is 2.42. The van der Waals surface area contributed by atoms with Crippen molar-refractivity contribution in [1.29, 1.82) is 0 Å². The molecule has 0 aliphatic heterocycles. The Morgan fingerprint density at radius 2 is 1.84 bits per heavy atom. The van der Waals surface area contributed by atoms with Crippen LogP contribution in [0.1, 0.15) is 41.0 Å². The number of hydrogen-bond donors (Lipinski definition) is 3. The molecule has 176 valence electrons. The molecule has 2 aliphatic carbocycles. The second kappa shape index (κ2) is 9.72. The van der Waals surface area contributed by atoms with Crippen LogP contribution in [-0.4, -0.2) is 47.0 Å². The first-order valence-corrected chi connectivity index (χ1v) is 10.4. The normalized spacial score (nSPS) is 25.2. The van der Waals surface area contributed by atoms with E-state index in [0.29, 0.717) is 25.1 Å². The van der Waals surface area contributed by atoms with E-state index < -0.39 is 18.6 Å². The molecule has 1 aromatic heterocycles.